The first-order valence-electron chi connectivity index (χ1n) is 8.95. The van der Waals surface area contributed by atoms with Crippen LogP contribution >= 0.6 is 11.3 Å². The number of nitrogens with zero attached hydrogens (tertiary/aromatic N) is 2. The highest BCUT2D eigenvalue weighted by molar-refractivity contribution is 7.89. The minimum Gasteiger partial charge on any atom is -0.497 e. The maximum absolute atomic E-state index is 13.0. The number of methoxy groups -OCH3 is 1. The molecule has 1 N–H and O–H groups in total. The normalized spacial score (nSPS) is 15.6. The molecule has 1 amide bonds. The summed E-state index contributed by atoms with van der Waals surface area (Å²) in [5.74, 6) is 0.532. The quantitative estimate of drug-likeness (QED) is 0.676. The number of rotatable bonds is 4. The number of piperazine rings is 1. The lowest BCUT2D eigenvalue weighted by atomic mass is 10.2. The molecule has 3 aromatic rings. The second kappa shape index (κ2) is 7.62. The summed E-state index contributed by atoms with van der Waals surface area (Å²) in [6.07, 6.45) is 0. The van der Waals surface area contributed by atoms with E-state index < -0.39 is 10.0 Å². The van der Waals surface area contributed by atoms with Crippen molar-refractivity contribution in [2.75, 3.05) is 33.3 Å². The van der Waals surface area contributed by atoms with Crippen LogP contribution in [0.15, 0.2) is 52.2 Å². The SMILES string of the molecule is COc1ccc(C(=O)N2CCN(S(=O)(=O)c3ccc4[nH]c(=O)sc4c3)CC2)cc1. The van der Waals surface area contributed by atoms with Crippen molar-refractivity contribution in [1.82, 2.24) is 14.2 Å². The number of thiazole rings is 1. The van der Waals surface area contributed by atoms with Crippen molar-refractivity contribution in [3.63, 3.8) is 0 Å². The van der Waals surface area contributed by atoms with Crippen LogP contribution in [0.2, 0.25) is 0 Å². The fourth-order valence-electron chi connectivity index (χ4n) is 3.28. The Kier molecular flexibility index (Phi) is 5.15. The Balaban J connectivity index is 1.47. The number of benzene rings is 2. The number of nitrogens with one attached hydrogen (secondary N) is 1. The van der Waals surface area contributed by atoms with Crippen LogP contribution < -0.4 is 9.61 Å². The van der Waals surface area contributed by atoms with Crippen LogP contribution in [-0.4, -0.2) is 61.8 Å². The van der Waals surface area contributed by atoms with Gasteiger partial charge in [0.15, 0.2) is 0 Å². The van der Waals surface area contributed by atoms with Gasteiger partial charge < -0.3 is 14.6 Å². The Morgan fingerprint density at radius 3 is 2.41 bits per heavy atom. The molecule has 152 valence electrons. The predicted molar refractivity (Wildman–Crippen MR) is 110 cm³/mol. The van der Waals surface area contributed by atoms with Gasteiger partial charge in [-0.2, -0.15) is 4.31 Å². The fourth-order valence-corrected chi connectivity index (χ4v) is 5.58. The zero-order chi connectivity index (χ0) is 20.6. The van der Waals surface area contributed by atoms with Gasteiger partial charge >= 0.3 is 4.87 Å². The van der Waals surface area contributed by atoms with Gasteiger partial charge in [-0.3, -0.25) is 9.59 Å². The average Bonchev–Trinajstić information content (AvgIpc) is 3.12. The lowest BCUT2D eigenvalue weighted by Gasteiger charge is -2.34. The molecule has 1 aliphatic heterocycles. The van der Waals surface area contributed by atoms with E-state index in [9.17, 15) is 18.0 Å². The minimum atomic E-state index is -3.70. The Morgan fingerprint density at radius 1 is 1.07 bits per heavy atom. The Morgan fingerprint density at radius 2 is 1.76 bits per heavy atom. The summed E-state index contributed by atoms with van der Waals surface area (Å²) in [6.45, 7) is 1.05. The average molecular weight is 434 g/mol. The summed E-state index contributed by atoms with van der Waals surface area (Å²) in [7, 11) is -2.14. The fraction of sp³-hybridized carbons (Fsp3) is 0.263. The van der Waals surface area contributed by atoms with Crippen molar-refractivity contribution < 1.29 is 17.9 Å². The molecule has 0 atom stereocenters. The third-order valence-corrected chi connectivity index (χ3v) is 7.63. The van der Waals surface area contributed by atoms with Gasteiger partial charge in [0.05, 0.1) is 22.2 Å². The van der Waals surface area contributed by atoms with Gasteiger partial charge in [0.2, 0.25) is 10.0 Å². The van der Waals surface area contributed by atoms with E-state index in [1.165, 1.54) is 16.4 Å². The summed E-state index contributed by atoms with van der Waals surface area (Å²) >= 11 is 0.978. The molecule has 0 radical (unpaired) electrons. The second-order valence-corrected chi connectivity index (χ2v) is 9.55. The van der Waals surface area contributed by atoms with Gasteiger partial charge in [-0.1, -0.05) is 11.3 Å². The van der Waals surface area contributed by atoms with Crippen LogP contribution in [0.4, 0.5) is 0 Å². The highest BCUT2D eigenvalue weighted by Crippen LogP contribution is 2.23. The van der Waals surface area contributed by atoms with Crippen molar-refractivity contribution in [3.05, 3.63) is 57.7 Å². The summed E-state index contributed by atoms with van der Waals surface area (Å²) < 4.78 is 33.0. The lowest BCUT2D eigenvalue weighted by molar-refractivity contribution is 0.0698. The minimum absolute atomic E-state index is 0.136. The number of hydrogen-bond donors (Lipinski definition) is 1. The maximum atomic E-state index is 13.0. The summed E-state index contributed by atoms with van der Waals surface area (Å²) in [6, 6.07) is 11.4. The van der Waals surface area contributed by atoms with Crippen LogP contribution in [0.25, 0.3) is 10.2 Å². The molecule has 4 rings (SSSR count). The number of ether oxygens (including phenoxy) is 1. The van der Waals surface area contributed by atoms with Gasteiger partial charge in [0, 0.05) is 31.7 Å². The summed E-state index contributed by atoms with van der Waals surface area (Å²) in [4.78, 5) is 28.4. The molecule has 0 aliphatic carbocycles. The highest BCUT2D eigenvalue weighted by atomic mass is 32.2. The van der Waals surface area contributed by atoms with Crippen molar-refractivity contribution in [3.8, 4) is 5.75 Å². The Labute approximate surface area is 171 Å². The van der Waals surface area contributed by atoms with Gasteiger partial charge in [-0.15, -0.1) is 0 Å². The molecule has 1 aromatic heterocycles. The first-order valence-corrected chi connectivity index (χ1v) is 11.2. The zero-order valence-electron chi connectivity index (χ0n) is 15.6. The van der Waals surface area contributed by atoms with Crippen molar-refractivity contribution in [1.29, 1.82) is 0 Å². The van der Waals surface area contributed by atoms with Crippen LogP contribution in [0.1, 0.15) is 10.4 Å². The number of carbonyl (C=O) groups excluding carboxylic acids is 1. The topological polar surface area (TPSA) is 99.8 Å². The number of H-pyrrole nitrogens is 1. The number of fused-ring (bicyclic) bond motifs is 1. The first kappa shape index (κ1) is 19.6. The van der Waals surface area contributed by atoms with E-state index >= 15 is 0 Å². The molecule has 1 aliphatic rings. The van der Waals surface area contributed by atoms with E-state index in [0.717, 1.165) is 11.3 Å². The van der Waals surface area contributed by atoms with E-state index in [0.29, 0.717) is 34.6 Å². The van der Waals surface area contributed by atoms with E-state index in [2.05, 4.69) is 4.98 Å². The molecule has 29 heavy (non-hydrogen) atoms. The van der Waals surface area contributed by atoms with E-state index in [1.54, 1.807) is 42.3 Å². The van der Waals surface area contributed by atoms with E-state index in [1.807, 2.05) is 0 Å². The van der Waals surface area contributed by atoms with Crippen LogP contribution in [0.5, 0.6) is 5.75 Å². The number of hydrogen-bond acceptors (Lipinski definition) is 6. The van der Waals surface area contributed by atoms with Crippen molar-refractivity contribution in [2.45, 2.75) is 4.90 Å². The molecule has 0 saturated carbocycles. The summed E-state index contributed by atoms with van der Waals surface area (Å²) in [5.41, 5.74) is 1.16. The molecular weight excluding hydrogens is 414 g/mol. The smallest absolute Gasteiger partial charge is 0.305 e. The van der Waals surface area contributed by atoms with Gasteiger partial charge in [0.1, 0.15) is 5.75 Å². The number of amides is 1. The monoisotopic (exact) mass is 433 g/mol. The largest absolute Gasteiger partial charge is 0.497 e. The predicted octanol–water partition coefficient (Wildman–Crippen LogP) is 1.74. The maximum Gasteiger partial charge on any atom is 0.305 e. The molecule has 8 nitrogen and oxygen atoms in total. The Bertz CT molecular complexity index is 1210. The van der Waals surface area contributed by atoms with Gasteiger partial charge in [-0.25, -0.2) is 8.42 Å². The number of sulfonamides is 1. The van der Waals surface area contributed by atoms with Crippen molar-refractivity contribution in [2.24, 2.45) is 0 Å². The number of aromatic nitrogens is 1. The highest BCUT2D eigenvalue weighted by Gasteiger charge is 2.30. The standard InChI is InChI=1S/C19H19N3O5S2/c1-27-14-4-2-13(3-5-14)18(23)21-8-10-22(11-9-21)29(25,26)15-6-7-16-17(12-15)28-19(24)20-16/h2-7,12H,8-11H2,1H3,(H,20,24). The second-order valence-electron chi connectivity index (χ2n) is 6.60. The first-order chi connectivity index (χ1) is 13.9. The molecule has 0 spiro atoms. The third-order valence-electron chi connectivity index (χ3n) is 4.89. The molecular formula is C19H19N3O5S2. The molecule has 2 heterocycles. The number of aromatic amines is 1. The van der Waals surface area contributed by atoms with Crippen LogP contribution in [0, 0.1) is 0 Å². The summed E-state index contributed by atoms with van der Waals surface area (Å²) in [5, 5.41) is 0. The molecule has 0 unspecified atom stereocenters. The number of carbonyl (C=O) groups is 1. The van der Waals surface area contributed by atoms with Gasteiger partial charge in [-0.05, 0) is 42.5 Å². The molecule has 2 aromatic carbocycles. The molecule has 0 bridgehead atoms. The Hall–Kier alpha value is -2.69. The van der Waals surface area contributed by atoms with Gasteiger partial charge in [0.25, 0.3) is 5.91 Å². The van der Waals surface area contributed by atoms with Crippen LogP contribution in [0.3, 0.4) is 0 Å². The van der Waals surface area contributed by atoms with E-state index in [4.69, 9.17) is 4.74 Å². The van der Waals surface area contributed by atoms with E-state index in [-0.39, 0.29) is 28.8 Å². The zero-order valence-corrected chi connectivity index (χ0v) is 17.3. The van der Waals surface area contributed by atoms with Crippen molar-refractivity contribution >= 4 is 37.5 Å². The van der Waals surface area contributed by atoms with Crippen LogP contribution in [-0.2, 0) is 10.0 Å². The molecule has 1 saturated heterocycles. The lowest BCUT2D eigenvalue weighted by Crippen LogP contribution is -2.50. The molecule has 1 fully saturated rings. The third kappa shape index (κ3) is 3.78. The molecule has 10 heteroatoms.